The molecule has 1 rings (SSSR count). The van der Waals surface area contributed by atoms with Gasteiger partial charge in [-0.15, -0.1) is 0 Å². The van der Waals surface area contributed by atoms with E-state index in [9.17, 15) is 0 Å². The van der Waals surface area contributed by atoms with E-state index in [0.717, 1.165) is 12.8 Å². The van der Waals surface area contributed by atoms with Crippen molar-refractivity contribution in [2.45, 2.75) is 66.3 Å². The fraction of sp³-hybridized carbons (Fsp3) is 0.625. The predicted octanol–water partition coefficient (Wildman–Crippen LogP) is 3.98. The molecule has 1 aromatic rings. The summed E-state index contributed by atoms with van der Waals surface area (Å²) in [6.07, 6.45) is 4.61. The van der Waals surface area contributed by atoms with Gasteiger partial charge in [-0.1, -0.05) is 13.0 Å². The first kappa shape index (κ1) is 14.2. The molecule has 1 heteroatoms. The molecule has 0 aliphatic carbocycles. The van der Waals surface area contributed by atoms with Crippen LogP contribution in [0.1, 0.15) is 54.0 Å². The molecule has 1 nitrogen and oxygen atoms in total. The molecule has 1 unspecified atom stereocenters. The summed E-state index contributed by atoms with van der Waals surface area (Å²) < 4.78 is 0. The molecule has 0 aromatic heterocycles. The zero-order valence-electron chi connectivity index (χ0n) is 12.1. The number of benzene rings is 1. The van der Waals surface area contributed by atoms with E-state index in [0.29, 0.717) is 6.04 Å². The molecular formula is C16H27N. The highest BCUT2D eigenvalue weighted by Gasteiger charge is 2.08. The molecule has 0 amide bonds. The Morgan fingerprint density at radius 2 is 1.59 bits per heavy atom. The van der Waals surface area contributed by atoms with Gasteiger partial charge in [-0.05, 0) is 81.2 Å². The van der Waals surface area contributed by atoms with Crippen LogP contribution in [0.5, 0.6) is 0 Å². The lowest BCUT2D eigenvalue weighted by Crippen LogP contribution is -2.18. The van der Waals surface area contributed by atoms with Crippen molar-refractivity contribution in [3.63, 3.8) is 0 Å². The van der Waals surface area contributed by atoms with E-state index in [4.69, 9.17) is 5.73 Å². The summed E-state index contributed by atoms with van der Waals surface area (Å²) in [6, 6.07) is 2.67. The van der Waals surface area contributed by atoms with Crippen LogP contribution in [0.15, 0.2) is 6.07 Å². The van der Waals surface area contributed by atoms with Crippen LogP contribution in [0, 0.1) is 27.7 Å². The van der Waals surface area contributed by atoms with Gasteiger partial charge < -0.3 is 5.73 Å². The molecule has 0 saturated heterocycles. The number of hydrogen-bond donors (Lipinski definition) is 1. The molecule has 1 aromatic carbocycles. The van der Waals surface area contributed by atoms with Crippen molar-refractivity contribution in [3.05, 3.63) is 33.9 Å². The molecule has 17 heavy (non-hydrogen) atoms. The van der Waals surface area contributed by atoms with E-state index in [1.807, 2.05) is 0 Å². The van der Waals surface area contributed by atoms with Crippen LogP contribution in [0.4, 0.5) is 0 Å². The summed E-state index contributed by atoms with van der Waals surface area (Å²) in [7, 11) is 0. The third-order valence-electron chi connectivity index (χ3n) is 4.05. The van der Waals surface area contributed by atoms with Crippen LogP contribution < -0.4 is 5.73 Å². The predicted molar refractivity (Wildman–Crippen MR) is 76.6 cm³/mol. The van der Waals surface area contributed by atoms with Gasteiger partial charge in [0, 0.05) is 6.04 Å². The Hall–Kier alpha value is -0.820. The lowest BCUT2D eigenvalue weighted by Gasteiger charge is -2.16. The highest BCUT2D eigenvalue weighted by Crippen LogP contribution is 2.23. The topological polar surface area (TPSA) is 26.0 Å². The van der Waals surface area contributed by atoms with E-state index < -0.39 is 0 Å². The molecule has 0 bridgehead atoms. The fourth-order valence-corrected chi connectivity index (χ4v) is 2.42. The van der Waals surface area contributed by atoms with Crippen molar-refractivity contribution in [1.29, 1.82) is 0 Å². The van der Waals surface area contributed by atoms with E-state index in [-0.39, 0.29) is 0 Å². The summed E-state index contributed by atoms with van der Waals surface area (Å²) in [5.41, 5.74) is 13.3. The van der Waals surface area contributed by atoms with Crippen molar-refractivity contribution in [2.75, 3.05) is 0 Å². The molecule has 0 saturated carbocycles. The Bertz CT molecular complexity index is 353. The summed E-state index contributed by atoms with van der Waals surface area (Å²) in [4.78, 5) is 0. The maximum absolute atomic E-state index is 5.97. The van der Waals surface area contributed by atoms with Gasteiger partial charge in [0.25, 0.3) is 0 Å². The Morgan fingerprint density at radius 3 is 2.06 bits per heavy atom. The molecule has 0 radical (unpaired) electrons. The first-order valence-electron chi connectivity index (χ1n) is 6.79. The highest BCUT2D eigenvalue weighted by molar-refractivity contribution is 5.43. The third-order valence-corrected chi connectivity index (χ3v) is 4.05. The van der Waals surface area contributed by atoms with Crippen molar-refractivity contribution < 1.29 is 0 Å². The molecule has 96 valence electrons. The molecule has 1 atom stereocenters. The van der Waals surface area contributed by atoms with Gasteiger partial charge in [0.1, 0.15) is 0 Å². The van der Waals surface area contributed by atoms with E-state index in [2.05, 4.69) is 40.7 Å². The lowest BCUT2D eigenvalue weighted by molar-refractivity contribution is 0.567. The van der Waals surface area contributed by atoms with Crippen LogP contribution in [0.3, 0.4) is 0 Å². The molecule has 0 spiro atoms. The third kappa shape index (κ3) is 3.57. The lowest BCUT2D eigenvalue weighted by atomic mass is 9.90. The zero-order valence-corrected chi connectivity index (χ0v) is 12.1. The van der Waals surface area contributed by atoms with Crippen LogP contribution in [0.2, 0.25) is 0 Å². The van der Waals surface area contributed by atoms with Gasteiger partial charge in [-0.3, -0.25) is 0 Å². The fourth-order valence-electron chi connectivity index (χ4n) is 2.42. The van der Waals surface area contributed by atoms with Gasteiger partial charge in [-0.25, -0.2) is 0 Å². The second kappa shape index (κ2) is 6.20. The Balaban J connectivity index is 2.77. The van der Waals surface area contributed by atoms with Crippen molar-refractivity contribution >= 4 is 0 Å². The zero-order chi connectivity index (χ0) is 13.0. The first-order chi connectivity index (χ1) is 7.97. The van der Waals surface area contributed by atoms with Crippen LogP contribution in [-0.4, -0.2) is 6.04 Å². The smallest absolute Gasteiger partial charge is 0.00363 e. The number of aryl methyl sites for hydroxylation is 2. The maximum Gasteiger partial charge on any atom is 0.00363 e. The van der Waals surface area contributed by atoms with Crippen molar-refractivity contribution in [3.8, 4) is 0 Å². The van der Waals surface area contributed by atoms with Gasteiger partial charge in [-0.2, -0.15) is 0 Å². The Labute approximate surface area is 106 Å². The minimum Gasteiger partial charge on any atom is -0.328 e. The molecule has 0 fully saturated rings. The van der Waals surface area contributed by atoms with Crippen LogP contribution in [-0.2, 0) is 6.42 Å². The highest BCUT2D eigenvalue weighted by atomic mass is 14.6. The van der Waals surface area contributed by atoms with Crippen LogP contribution in [0.25, 0.3) is 0 Å². The van der Waals surface area contributed by atoms with Crippen molar-refractivity contribution in [2.24, 2.45) is 5.73 Å². The monoisotopic (exact) mass is 233 g/mol. The van der Waals surface area contributed by atoms with Gasteiger partial charge in [0.15, 0.2) is 0 Å². The average Bonchev–Trinajstić information content (AvgIpc) is 2.30. The molecule has 0 aliphatic rings. The largest absolute Gasteiger partial charge is 0.328 e. The summed E-state index contributed by atoms with van der Waals surface area (Å²) in [6.45, 7) is 11.1. The second-order valence-corrected chi connectivity index (χ2v) is 5.30. The molecule has 0 heterocycles. The minimum absolute atomic E-state index is 0.376. The minimum atomic E-state index is 0.376. The number of hydrogen-bond acceptors (Lipinski definition) is 1. The van der Waals surface area contributed by atoms with Gasteiger partial charge in [0.05, 0.1) is 0 Å². The van der Waals surface area contributed by atoms with Crippen molar-refractivity contribution in [1.82, 2.24) is 0 Å². The SMILES string of the molecule is CCC(N)CCCc1c(C)c(C)cc(C)c1C. The standard InChI is InChI=1S/C16H27N/c1-6-15(17)8-7-9-16-13(4)11(2)10-12(3)14(16)5/h10,15H,6-9,17H2,1-5H3. The normalized spacial score (nSPS) is 12.8. The number of nitrogens with two attached hydrogens (primary N) is 1. The average molecular weight is 233 g/mol. The Kier molecular flexibility index (Phi) is 5.20. The van der Waals surface area contributed by atoms with E-state index in [1.165, 1.54) is 35.1 Å². The quantitative estimate of drug-likeness (QED) is 0.818. The van der Waals surface area contributed by atoms with Gasteiger partial charge in [0.2, 0.25) is 0 Å². The maximum atomic E-state index is 5.97. The van der Waals surface area contributed by atoms with E-state index >= 15 is 0 Å². The Morgan fingerprint density at radius 1 is 1.06 bits per heavy atom. The first-order valence-corrected chi connectivity index (χ1v) is 6.79. The number of rotatable bonds is 5. The second-order valence-electron chi connectivity index (χ2n) is 5.30. The summed E-state index contributed by atoms with van der Waals surface area (Å²) in [5.74, 6) is 0. The van der Waals surface area contributed by atoms with Gasteiger partial charge >= 0.3 is 0 Å². The molecule has 0 aliphatic heterocycles. The molecule has 2 N–H and O–H groups in total. The van der Waals surface area contributed by atoms with E-state index in [1.54, 1.807) is 5.56 Å². The summed E-state index contributed by atoms with van der Waals surface area (Å²) in [5, 5.41) is 0. The summed E-state index contributed by atoms with van der Waals surface area (Å²) >= 11 is 0. The van der Waals surface area contributed by atoms with Crippen LogP contribution >= 0.6 is 0 Å². The molecular weight excluding hydrogens is 206 g/mol.